The molecule has 8 aromatic carbocycles. The largest absolute Gasteiger partial charge is 0.455 e. The van der Waals surface area contributed by atoms with Gasteiger partial charge in [-0.1, -0.05) is 140 Å². The van der Waals surface area contributed by atoms with Crippen molar-refractivity contribution in [2.24, 2.45) is 0 Å². The van der Waals surface area contributed by atoms with Crippen LogP contribution in [0.1, 0.15) is 0 Å². The van der Waals surface area contributed by atoms with E-state index < -0.39 is 0 Å². The maximum absolute atomic E-state index is 6.59. The molecule has 0 N–H and O–H groups in total. The molecule has 0 bridgehead atoms. The normalized spacial score (nSPS) is 11.9. The van der Waals surface area contributed by atoms with Crippen LogP contribution >= 0.6 is 0 Å². The number of benzene rings is 8. The lowest BCUT2D eigenvalue weighted by Crippen LogP contribution is -1.89. The molecule has 0 unspecified atom stereocenters. The lowest BCUT2D eigenvalue weighted by Gasteiger charge is -2.17. The monoisotopic (exact) mass is 520 g/mol. The van der Waals surface area contributed by atoms with Gasteiger partial charge in [0.2, 0.25) is 0 Å². The Hall–Kier alpha value is -5.40. The molecule has 41 heavy (non-hydrogen) atoms. The standard InChI is InChI=1S/C40H24O/c1-3-9-25(10-4-1)29-21-17-27-20-24-34-31(22-18-28-19-23-33(29)37(27)38(28)34)32-14-8-16-36-39(32)35-15-7-13-30(40(35)41-36)26-11-5-2-6-12-26/h1-24H. The van der Waals surface area contributed by atoms with Gasteiger partial charge in [0.05, 0.1) is 0 Å². The lowest BCUT2D eigenvalue weighted by molar-refractivity contribution is 0.670. The molecule has 0 aliphatic heterocycles. The fourth-order valence-electron chi connectivity index (χ4n) is 6.82. The highest BCUT2D eigenvalue weighted by Gasteiger charge is 2.19. The van der Waals surface area contributed by atoms with E-state index in [9.17, 15) is 0 Å². The van der Waals surface area contributed by atoms with Gasteiger partial charge in [-0.2, -0.15) is 0 Å². The van der Waals surface area contributed by atoms with Crippen molar-refractivity contribution in [3.63, 3.8) is 0 Å². The second-order valence-corrected chi connectivity index (χ2v) is 10.8. The molecule has 0 fully saturated rings. The number of hydrogen-bond acceptors (Lipinski definition) is 1. The maximum atomic E-state index is 6.59. The van der Waals surface area contributed by atoms with Crippen LogP contribution < -0.4 is 0 Å². The van der Waals surface area contributed by atoms with Gasteiger partial charge in [-0.25, -0.2) is 0 Å². The Morgan fingerprint density at radius 3 is 1.59 bits per heavy atom. The van der Waals surface area contributed by atoms with E-state index in [0.29, 0.717) is 0 Å². The van der Waals surface area contributed by atoms with Gasteiger partial charge in [0.25, 0.3) is 0 Å². The average Bonchev–Trinajstić information content (AvgIpc) is 3.43. The zero-order valence-corrected chi connectivity index (χ0v) is 22.3. The molecule has 1 heteroatoms. The van der Waals surface area contributed by atoms with Crippen LogP contribution in [0.4, 0.5) is 0 Å². The summed E-state index contributed by atoms with van der Waals surface area (Å²) in [6, 6.07) is 52.4. The van der Waals surface area contributed by atoms with Crippen molar-refractivity contribution in [1.82, 2.24) is 0 Å². The molecule has 0 aliphatic rings. The van der Waals surface area contributed by atoms with Gasteiger partial charge in [0.1, 0.15) is 11.2 Å². The highest BCUT2D eigenvalue weighted by molar-refractivity contribution is 6.29. The van der Waals surface area contributed by atoms with Crippen molar-refractivity contribution < 1.29 is 4.42 Å². The van der Waals surface area contributed by atoms with Crippen LogP contribution in [0.25, 0.3) is 87.6 Å². The van der Waals surface area contributed by atoms with Crippen molar-refractivity contribution in [2.45, 2.75) is 0 Å². The van der Waals surface area contributed by atoms with Gasteiger partial charge in [0, 0.05) is 16.3 Å². The third-order valence-corrected chi connectivity index (χ3v) is 8.65. The lowest BCUT2D eigenvalue weighted by atomic mass is 9.86. The first-order valence-corrected chi connectivity index (χ1v) is 14.1. The van der Waals surface area contributed by atoms with Crippen LogP contribution in [0.3, 0.4) is 0 Å². The van der Waals surface area contributed by atoms with E-state index in [1.807, 2.05) is 0 Å². The third kappa shape index (κ3) is 3.24. The Morgan fingerprint density at radius 1 is 0.317 bits per heavy atom. The van der Waals surface area contributed by atoms with Gasteiger partial charge in [-0.15, -0.1) is 0 Å². The SMILES string of the molecule is c1ccc(-c2ccc3ccc4c(-c5cccc6oc7c(-c8ccccc8)cccc7c56)ccc5ccc2c3c54)cc1. The number of fused-ring (bicyclic) bond motifs is 3. The predicted octanol–water partition coefficient (Wildman–Crippen LogP) is 11.5. The molecule has 0 saturated heterocycles. The van der Waals surface area contributed by atoms with E-state index in [4.69, 9.17) is 4.42 Å². The van der Waals surface area contributed by atoms with Crippen LogP contribution in [0.15, 0.2) is 150 Å². The topological polar surface area (TPSA) is 13.1 Å². The van der Waals surface area contributed by atoms with E-state index in [1.165, 1.54) is 60.0 Å². The molecule has 0 spiro atoms. The number of rotatable bonds is 3. The summed E-state index contributed by atoms with van der Waals surface area (Å²) in [6.45, 7) is 0. The fourth-order valence-corrected chi connectivity index (χ4v) is 6.82. The van der Waals surface area contributed by atoms with Crippen LogP contribution in [0.5, 0.6) is 0 Å². The van der Waals surface area contributed by atoms with E-state index in [1.54, 1.807) is 0 Å². The summed E-state index contributed by atoms with van der Waals surface area (Å²) in [5, 5.41) is 10.1. The maximum Gasteiger partial charge on any atom is 0.143 e. The van der Waals surface area contributed by atoms with E-state index in [2.05, 4.69) is 146 Å². The van der Waals surface area contributed by atoms with E-state index in [0.717, 1.165) is 27.7 Å². The van der Waals surface area contributed by atoms with Crippen molar-refractivity contribution in [3.8, 4) is 33.4 Å². The van der Waals surface area contributed by atoms with Gasteiger partial charge in [-0.3, -0.25) is 0 Å². The van der Waals surface area contributed by atoms with Crippen LogP contribution in [-0.2, 0) is 0 Å². The molecule has 0 radical (unpaired) electrons. The summed E-state index contributed by atoms with van der Waals surface area (Å²) in [5.41, 5.74) is 9.08. The van der Waals surface area contributed by atoms with E-state index in [-0.39, 0.29) is 0 Å². The summed E-state index contributed by atoms with van der Waals surface area (Å²) < 4.78 is 6.59. The molecule has 1 heterocycles. The minimum Gasteiger partial charge on any atom is -0.455 e. The van der Waals surface area contributed by atoms with E-state index >= 15 is 0 Å². The predicted molar refractivity (Wildman–Crippen MR) is 174 cm³/mol. The van der Waals surface area contributed by atoms with Crippen molar-refractivity contribution in [1.29, 1.82) is 0 Å². The second-order valence-electron chi connectivity index (χ2n) is 10.8. The fraction of sp³-hybridized carbons (Fsp3) is 0. The minimum absolute atomic E-state index is 0.915. The van der Waals surface area contributed by atoms with Crippen LogP contribution in [-0.4, -0.2) is 0 Å². The first-order valence-electron chi connectivity index (χ1n) is 14.1. The summed E-state index contributed by atoms with van der Waals surface area (Å²) in [5.74, 6) is 0. The van der Waals surface area contributed by atoms with Crippen LogP contribution in [0.2, 0.25) is 0 Å². The first-order chi connectivity index (χ1) is 20.3. The molecule has 1 aromatic heterocycles. The Kier molecular flexibility index (Phi) is 4.67. The van der Waals surface area contributed by atoms with Gasteiger partial charge in [-0.05, 0) is 66.2 Å². The van der Waals surface area contributed by atoms with Gasteiger partial charge in [0.15, 0.2) is 0 Å². The smallest absolute Gasteiger partial charge is 0.143 e. The Bertz CT molecular complexity index is 2400. The Labute approximate surface area is 237 Å². The summed E-state index contributed by atoms with van der Waals surface area (Å²) in [7, 11) is 0. The zero-order valence-electron chi connectivity index (χ0n) is 22.3. The number of hydrogen-bond donors (Lipinski definition) is 0. The molecular weight excluding hydrogens is 496 g/mol. The molecule has 9 aromatic rings. The molecule has 0 atom stereocenters. The summed E-state index contributed by atoms with van der Waals surface area (Å²) >= 11 is 0. The third-order valence-electron chi connectivity index (χ3n) is 8.65. The number of para-hydroxylation sites is 1. The van der Waals surface area contributed by atoms with Crippen molar-refractivity contribution >= 4 is 54.3 Å². The molecule has 1 nitrogen and oxygen atoms in total. The number of furan rings is 1. The minimum atomic E-state index is 0.915. The molecule has 190 valence electrons. The quantitative estimate of drug-likeness (QED) is 0.211. The summed E-state index contributed by atoms with van der Waals surface area (Å²) in [6.07, 6.45) is 0. The highest BCUT2D eigenvalue weighted by atomic mass is 16.3. The van der Waals surface area contributed by atoms with Crippen molar-refractivity contribution in [2.75, 3.05) is 0 Å². The second kappa shape index (κ2) is 8.55. The average molecular weight is 521 g/mol. The molecular formula is C40H24O. The van der Waals surface area contributed by atoms with Gasteiger partial charge < -0.3 is 4.42 Å². The first kappa shape index (κ1) is 22.4. The molecule has 9 rings (SSSR count). The van der Waals surface area contributed by atoms with Gasteiger partial charge >= 0.3 is 0 Å². The van der Waals surface area contributed by atoms with Crippen LogP contribution in [0, 0.1) is 0 Å². The zero-order chi connectivity index (χ0) is 26.9. The highest BCUT2D eigenvalue weighted by Crippen LogP contribution is 2.45. The molecule has 0 saturated carbocycles. The molecule has 0 amide bonds. The molecule has 0 aliphatic carbocycles. The summed E-state index contributed by atoms with van der Waals surface area (Å²) in [4.78, 5) is 0. The Balaban J connectivity index is 1.35. The van der Waals surface area contributed by atoms with Crippen molar-refractivity contribution in [3.05, 3.63) is 146 Å². The Morgan fingerprint density at radius 2 is 0.878 bits per heavy atom.